The number of halogens is 5. The molecule has 0 unspecified atom stereocenters. The zero-order chi connectivity index (χ0) is 14.0. The van der Waals surface area contributed by atoms with E-state index in [1.807, 2.05) is 0 Å². The minimum absolute atomic E-state index is 0.138. The van der Waals surface area contributed by atoms with Crippen molar-refractivity contribution >= 4 is 39.3 Å². The fourth-order valence-corrected chi connectivity index (χ4v) is 2.80. The van der Waals surface area contributed by atoms with Gasteiger partial charge in [0.1, 0.15) is 15.2 Å². The molecule has 0 saturated heterocycles. The highest BCUT2D eigenvalue weighted by Crippen LogP contribution is 2.36. The van der Waals surface area contributed by atoms with E-state index in [9.17, 15) is 13.2 Å². The second-order valence-corrected chi connectivity index (χ2v) is 5.66. The lowest BCUT2D eigenvalue weighted by Gasteiger charge is -2.09. The Kier molecular flexibility index (Phi) is 4.37. The maximum atomic E-state index is 12.6. The second kappa shape index (κ2) is 5.68. The summed E-state index contributed by atoms with van der Waals surface area (Å²) >= 11 is 9.87. The molecule has 0 bridgehead atoms. The van der Waals surface area contributed by atoms with Gasteiger partial charge in [-0.2, -0.15) is 13.2 Å². The van der Waals surface area contributed by atoms with Crippen LogP contribution in [0.2, 0.25) is 5.15 Å². The molecule has 19 heavy (non-hydrogen) atoms. The van der Waals surface area contributed by atoms with Gasteiger partial charge >= 0.3 is 6.18 Å². The number of nitrogens with zero attached hydrogens (tertiary/aromatic N) is 2. The van der Waals surface area contributed by atoms with E-state index in [0.717, 1.165) is 23.9 Å². The second-order valence-electron chi connectivity index (χ2n) is 3.41. The molecule has 0 spiro atoms. The van der Waals surface area contributed by atoms with Gasteiger partial charge in [0.05, 0.1) is 10.0 Å². The number of pyridine rings is 2. The summed E-state index contributed by atoms with van der Waals surface area (Å²) in [6, 6.07) is 5.18. The first kappa shape index (κ1) is 14.6. The van der Waals surface area contributed by atoms with Gasteiger partial charge in [-0.15, -0.1) is 0 Å². The van der Waals surface area contributed by atoms with Gasteiger partial charge in [0, 0.05) is 6.20 Å². The first-order valence-electron chi connectivity index (χ1n) is 4.89. The van der Waals surface area contributed by atoms with E-state index in [2.05, 4.69) is 25.9 Å². The molecule has 2 rings (SSSR count). The van der Waals surface area contributed by atoms with Crippen molar-refractivity contribution in [1.82, 2.24) is 9.97 Å². The molecule has 0 amide bonds. The van der Waals surface area contributed by atoms with Gasteiger partial charge in [0.25, 0.3) is 0 Å². The predicted octanol–water partition coefficient (Wildman–Crippen LogP) is 5.06. The van der Waals surface area contributed by atoms with E-state index in [1.54, 1.807) is 18.3 Å². The largest absolute Gasteiger partial charge is 0.416 e. The van der Waals surface area contributed by atoms with E-state index in [0.29, 0.717) is 9.50 Å². The summed E-state index contributed by atoms with van der Waals surface area (Å²) in [5.41, 5.74) is -0.831. The Morgan fingerprint density at radius 3 is 2.63 bits per heavy atom. The molecule has 2 aromatic heterocycles. The molecule has 2 aromatic rings. The standard InChI is InChI=1S/C11H5BrClF3N2S/c12-7-2-1-3-17-10(7)19-9-5-6(11(14,15)16)4-8(13)18-9/h1-5H. The molecule has 2 nitrogen and oxygen atoms in total. The van der Waals surface area contributed by atoms with Gasteiger partial charge in [-0.1, -0.05) is 11.6 Å². The molecule has 0 aliphatic rings. The van der Waals surface area contributed by atoms with E-state index in [4.69, 9.17) is 11.6 Å². The number of hydrogen-bond donors (Lipinski definition) is 0. The van der Waals surface area contributed by atoms with Gasteiger partial charge in [0.2, 0.25) is 0 Å². The minimum atomic E-state index is -4.46. The highest BCUT2D eigenvalue weighted by atomic mass is 79.9. The molecule has 0 saturated carbocycles. The Bertz CT molecular complexity index is 607. The number of aromatic nitrogens is 2. The van der Waals surface area contributed by atoms with Gasteiger partial charge < -0.3 is 0 Å². The van der Waals surface area contributed by atoms with Crippen LogP contribution in [0.25, 0.3) is 0 Å². The van der Waals surface area contributed by atoms with Crippen molar-refractivity contribution in [2.75, 3.05) is 0 Å². The third-order valence-corrected chi connectivity index (χ3v) is 4.06. The zero-order valence-corrected chi connectivity index (χ0v) is 12.2. The Morgan fingerprint density at radius 1 is 1.26 bits per heavy atom. The summed E-state index contributed by atoms with van der Waals surface area (Å²) in [5.74, 6) is 0. The highest BCUT2D eigenvalue weighted by molar-refractivity contribution is 9.10. The van der Waals surface area contributed by atoms with Crippen molar-refractivity contribution < 1.29 is 13.2 Å². The summed E-state index contributed by atoms with van der Waals surface area (Å²) in [4.78, 5) is 7.90. The first-order valence-corrected chi connectivity index (χ1v) is 6.88. The summed E-state index contributed by atoms with van der Waals surface area (Å²) in [7, 11) is 0. The van der Waals surface area contributed by atoms with Crippen molar-refractivity contribution in [3.05, 3.63) is 45.7 Å². The number of alkyl halides is 3. The Hall–Kier alpha value is -0.790. The van der Waals surface area contributed by atoms with Gasteiger partial charge in [0.15, 0.2) is 0 Å². The van der Waals surface area contributed by atoms with Gasteiger partial charge in [-0.05, 0) is 52.0 Å². The Balaban J connectivity index is 2.36. The molecule has 2 heterocycles. The van der Waals surface area contributed by atoms with Crippen LogP contribution in [0, 0.1) is 0 Å². The topological polar surface area (TPSA) is 25.8 Å². The number of rotatable bonds is 2. The SMILES string of the molecule is FC(F)(F)c1cc(Cl)nc(Sc2ncccc2Br)c1. The smallest absolute Gasteiger partial charge is 0.248 e. The maximum Gasteiger partial charge on any atom is 0.416 e. The van der Waals surface area contributed by atoms with Crippen LogP contribution < -0.4 is 0 Å². The van der Waals surface area contributed by atoms with Crippen LogP contribution in [0.4, 0.5) is 13.2 Å². The van der Waals surface area contributed by atoms with E-state index < -0.39 is 11.7 Å². The molecular formula is C11H5BrClF3N2S. The summed E-state index contributed by atoms with van der Waals surface area (Å²) < 4.78 is 38.6. The van der Waals surface area contributed by atoms with Gasteiger partial charge in [-0.3, -0.25) is 0 Å². The molecule has 0 fully saturated rings. The van der Waals surface area contributed by atoms with Crippen LogP contribution in [-0.2, 0) is 6.18 Å². The molecule has 0 N–H and O–H groups in total. The van der Waals surface area contributed by atoms with Crippen LogP contribution in [-0.4, -0.2) is 9.97 Å². The van der Waals surface area contributed by atoms with Gasteiger partial charge in [-0.25, -0.2) is 9.97 Å². The van der Waals surface area contributed by atoms with Crippen molar-refractivity contribution in [2.45, 2.75) is 16.2 Å². The fourth-order valence-electron chi connectivity index (χ4n) is 1.23. The lowest BCUT2D eigenvalue weighted by molar-refractivity contribution is -0.137. The van der Waals surface area contributed by atoms with E-state index in [1.165, 1.54) is 0 Å². The van der Waals surface area contributed by atoms with Crippen molar-refractivity contribution in [1.29, 1.82) is 0 Å². The first-order chi connectivity index (χ1) is 8.86. The molecule has 0 aromatic carbocycles. The van der Waals surface area contributed by atoms with Crippen molar-refractivity contribution in [2.24, 2.45) is 0 Å². The molecule has 0 aliphatic heterocycles. The highest BCUT2D eigenvalue weighted by Gasteiger charge is 2.31. The molecule has 0 atom stereocenters. The fraction of sp³-hybridized carbons (Fsp3) is 0.0909. The van der Waals surface area contributed by atoms with Crippen LogP contribution in [0.15, 0.2) is 45.0 Å². The third kappa shape index (κ3) is 3.84. The van der Waals surface area contributed by atoms with Crippen LogP contribution in [0.1, 0.15) is 5.56 Å². The van der Waals surface area contributed by atoms with Crippen molar-refractivity contribution in [3.8, 4) is 0 Å². The van der Waals surface area contributed by atoms with E-state index >= 15 is 0 Å². The quantitative estimate of drug-likeness (QED) is 0.692. The molecular weight excluding hydrogens is 365 g/mol. The molecule has 8 heteroatoms. The molecule has 100 valence electrons. The zero-order valence-electron chi connectivity index (χ0n) is 9.08. The maximum absolute atomic E-state index is 12.6. The average molecular weight is 370 g/mol. The Morgan fingerprint density at radius 2 is 2.00 bits per heavy atom. The van der Waals surface area contributed by atoms with Crippen LogP contribution in [0.5, 0.6) is 0 Å². The normalized spacial score (nSPS) is 11.6. The lowest BCUT2D eigenvalue weighted by atomic mass is 10.3. The lowest BCUT2D eigenvalue weighted by Crippen LogP contribution is -2.05. The molecule has 0 aliphatic carbocycles. The summed E-state index contributed by atoms with van der Waals surface area (Å²) in [6.45, 7) is 0. The summed E-state index contributed by atoms with van der Waals surface area (Å²) in [6.07, 6.45) is -2.91. The van der Waals surface area contributed by atoms with Crippen LogP contribution >= 0.6 is 39.3 Å². The van der Waals surface area contributed by atoms with Crippen LogP contribution in [0.3, 0.4) is 0 Å². The predicted molar refractivity (Wildman–Crippen MR) is 70.3 cm³/mol. The number of hydrogen-bond acceptors (Lipinski definition) is 3. The monoisotopic (exact) mass is 368 g/mol. The van der Waals surface area contributed by atoms with Crippen molar-refractivity contribution in [3.63, 3.8) is 0 Å². The summed E-state index contributed by atoms with van der Waals surface area (Å²) in [5, 5.41) is 0.453. The molecule has 0 radical (unpaired) electrons. The average Bonchev–Trinajstić information content (AvgIpc) is 2.30. The van der Waals surface area contributed by atoms with E-state index in [-0.39, 0.29) is 10.2 Å². The minimum Gasteiger partial charge on any atom is -0.248 e. The Labute approximate surface area is 124 Å². The third-order valence-electron chi connectivity index (χ3n) is 2.02.